The first kappa shape index (κ1) is 15.1. The van der Waals surface area contributed by atoms with E-state index in [4.69, 9.17) is 11.6 Å². The van der Waals surface area contributed by atoms with E-state index < -0.39 is 0 Å². The lowest BCUT2D eigenvalue weighted by Crippen LogP contribution is -2.40. The maximum atomic E-state index is 12.2. The summed E-state index contributed by atoms with van der Waals surface area (Å²) in [6, 6.07) is 3.74. The van der Waals surface area contributed by atoms with Crippen molar-refractivity contribution in [2.75, 3.05) is 32.0 Å². The molecule has 0 aliphatic carbocycles. The normalized spacial score (nSPS) is 19.1. The zero-order valence-electron chi connectivity index (χ0n) is 11.9. The first-order chi connectivity index (χ1) is 9.63. The minimum atomic E-state index is -0.103. The molecule has 1 unspecified atom stereocenters. The van der Waals surface area contributed by atoms with Gasteiger partial charge in [-0.1, -0.05) is 18.5 Å². The van der Waals surface area contributed by atoms with E-state index in [1.807, 2.05) is 0 Å². The first-order valence-corrected chi connectivity index (χ1v) is 7.39. The third-order valence-corrected chi connectivity index (χ3v) is 3.91. The molecule has 110 valence electrons. The fourth-order valence-electron chi connectivity index (χ4n) is 2.61. The van der Waals surface area contributed by atoms with Gasteiger partial charge in [0.25, 0.3) is 5.91 Å². The number of rotatable bonds is 5. The highest BCUT2D eigenvalue weighted by Gasteiger charge is 2.23. The highest BCUT2D eigenvalue weighted by molar-refractivity contribution is 6.29. The Balaban J connectivity index is 1.96. The van der Waals surface area contributed by atoms with Crippen molar-refractivity contribution >= 4 is 23.3 Å². The third kappa shape index (κ3) is 3.61. The van der Waals surface area contributed by atoms with Crippen molar-refractivity contribution in [1.29, 1.82) is 0 Å². The Morgan fingerprint density at radius 3 is 3.05 bits per heavy atom. The van der Waals surface area contributed by atoms with Crippen LogP contribution in [0.25, 0.3) is 0 Å². The van der Waals surface area contributed by atoms with E-state index in [0.29, 0.717) is 29.1 Å². The molecule has 5 nitrogen and oxygen atoms in total. The smallest absolute Gasteiger partial charge is 0.251 e. The number of likely N-dealkylation sites (N-methyl/N-ethyl adjacent to an activating group) is 1. The predicted octanol–water partition coefficient (Wildman–Crippen LogP) is 1.99. The predicted molar refractivity (Wildman–Crippen MR) is 81.4 cm³/mol. The largest absolute Gasteiger partial charge is 0.373 e. The molecule has 0 radical (unpaired) electrons. The van der Waals surface area contributed by atoms with Gasteiger partial charge in [0.15, 0.2) is 0 Å². The minimum absolute atomic E-state index is 0.103. The van der Waals surface area contributed by atoms with E-state index in [-0.39, 0.29) is 5.91 Å². The zero-order valence-corrected chi connectivity index (χ0v) is 12.7. The SMILES string of the molecule is CCN1CCCC1CNC(=O)c1cc(Cl)nc(NC)c1. The number of likely N-dealkylation sites (tertiary alicyclic amines) is 1. The number of nitrogens with zero attached hydrogens (tertiary/aromatic N) is 2. The van der Waals surface area contributed by atoms with Crippen molar-refractivity contribution in [3.63, 3.8) is 0 Å². The lowest BCUT2D eigenvalue weighted by Gasteiger charge is -2.22. The monoisotopic (exact) mass is 296 g/mol. The molecule has 0 bridgehead atoms. The summed E-state index contributed by atoms with van der Waals surface area (Å²) >= 11 is 5.91. The number of halogens is 1. The van der Waals surface area contributed by atoms with E-state index in [1.165, 1.54) is 6.42 Å². The summed E-state index contributed by atoms with van der Waals surface area (Å²) < 4.78 is 0. The summed E-state index contributed by atoms with van der Waals surface area (Å²) in [6.45, 7) is 5.00. The maximum absolute atomic E-state index is 12.2. The number of nitrogens with one attached hydrogen (secondary N) is 2. The van der Waals surface area contributed by atoms with Crippen LogP contribution in [0.1, 0.15) is 30.1 Å². The third-order valence-electron chi connectivity index (χ3n) is 3.72. The van der Waals surface area contributed by atoms with Gasteiger partial charge in [-0.2, -0.15) is 0 Å². The van der Waals surface area contributed by atoms with E-state index in [2.05, 4.69) is 27.4 Å². The van der Waals surface area contributed by atoms with E-state index in [0.717, 1.165) is 19.5 Å². The van der Waals surface area contributed by atoms with Gasteiger partial charge in [-0.3, -0.25) is 9.69 Å². The standard InChI is InChI=1S/C14H21ClN4O/c1-3-19-6-4-5-11(19)9-17-14(20)10-7-12(15)18-13(8-10)16-2/h7-8,11H,3-6,9H2,1-2H3,(H,16,18)(H,17,20). The Bertz CT molecular complexity index is 480. The average Bonchev–Trinajstić information content (AvgIpc) is 2.91. The van der Waals surface area contributed by atoms with Crippen LogP contribution < -0.4 is 10.6 Å². The van der Waals surface area contributed by atoms with Gasteiger partial charge in [0, 0.05) is 25.2 Å². The van der Waals surface area contributed by atoms with Crippen LogP contribution in [-0.4, -0.2) is 48.5 Å². The van der Waals surface area contributed by atoms with Gasteiger partial charge in [0.2, 0.25) is 0 Å². The van der Waals surface area contributed by atoms with Crippen molar-refractivity contribution in [2.24, 2.45) is 0 Å². The summed E-state index contributed by atoms with van der Waals surface area (Å²) in [6.07, 6.45) is 2.35. The first-order valence-electron chi connectivity index (χ1n) is 7.01. The molecule has 2 heterocycles. The Labute approximate surface area is 124 Å². The highest BCUT2D eigenvalue weighted by atomic mass is 35.5. The van der Waals surface area contributed by atoms with Crippen LogP contribution in [0.3, 0.4) is 0 Å². The molecule has 1 saturated heterocycles. The second kappa shape index (κ2) is 6.90. The van der Waals surface area contributed by atoms with Crippen molar-refractivity contribution in [1.82, 2.24) is 15.2 Å². The van der Waals surface area contributed by atoms with Gasteiger partial charge in [-0.25, -0.2) is 4.98 Å². The average molecular weight is 297 g/mol. The van der Waals surface area contributed by atoms with E-state index >= 15 is 0 Å². The second-order valence-electron chi connectivity index (χ2n) is 4.95. The molecule has 6 heteroatoms. The van der Waals surface area contributed by atoms with Crippen LogP contribution in [0.5, 0.6) is 0 Å². The molecule has 1 aromatic rings. The zero-order chi connectivity index (χ0) is 14.5. The molecule has 0 aromatic carbocycles. The van der Waals surface area contributed by atoms with Crippen LogP contribution in [0.15, 0.2) is 12.1 Å². The summed E-state index contributed by atoms with van der Waals surface area (Å²) in [7, 11) is 1.75. The number of aromatic nitrogens is 1. The van der Waals surface area contributed by atoms with Crippen molar-refractivity contribution in [2.45, 2.75) is 25.8 Å². The Morgan fingerprint density at radius 2 is 2.35 bits per heavy atom. The molecule has 0 spiro atoms. The van der Waals surface area contributed by atoms with Gasteiger partial charge < -0.3 is 10.6 Å². The maximum Gasteiger partial charge on any atom is 0.251 e. The minimum Gasteiger partial charge on any atom is -0.373 e. The Hall–Kier alpha value is -1.33. The van der Waals surface area contributed by atoms with Crippen molar-refractivity contribution in [3.05, 3.63) is 22.8 Å². The second-order valence-corrected chi connectivity index (χ2v) is 5.34. The molecule has 2 N–H and O–H groups in total. The number of hydrogen-bond acceptors (Lipinski definition) is 4. The van der Waals surface area contributed by atoms with Crippen molar-refractivity contribution < 1.29 is 4.79 Å². The van der Waals surface area contributed by atoms with E-state index in [9.17, 15) is 4.79 Å². The summed E-state index contributed by atoms with van der Waals surface area (Å²) in [5.74, 6) is 0.493. The molecular formula is C14H21ClN4O. The summed E-state index contributed by atoms with van der Waals surface area (Å²) in [5, 5.41) is 6.20. The van der Waals surface area contributed by atoms with Crippen molar-refractivity contribution in [3.8, 4) is 0 Å². The summed E-state index contributed by atoms with van der Waals surface area (Å²) in [4.78, 5) is 18.6. The highest BCUT2D eigenvalue weighted by Crippen LogP contribution is 2.17. The van der Waals surface area contributed by atoms with Gasteiger partial charge in [-0.15, -0.1) is 0 Å². The van der Waals surface area contributed by atoms with Gasteiger partial charge in [-0.05, 0) is 38.1 Å². The van der Waals surface area contributed by atoms with Crippen LogP contribution >= 0.6 is 11.6 Å². The lowest BCUT2D eigenvalue weighted by molar-refractivity contribution is 0.0941. The van der Waals surface area contributed by atoms with Crippen LogP contribution in [0.2, 0.25) is 5.15 Å². The molecule has 20 heavy (non-hydrogen) atoms. The molecule has 0 saturated carbocycles. The number of anilines is 1. The van der Waals surface area contributed by atoms with E-state index in [1.54, 1.807) is 19.2 Å². The lowest BCUT2D eigenvalue weighted by atomic mass is 10.2. The number of pyridine rings is 1. The molecule has 1 aliphatic heterocycles. The number of carbonyl (C=O) groups is 1. The molecular weight excluding hydrogens is 276 g/mol. The quantitative estimate of drug-likeness (QED) is 0.816. The molecule has 1 aromatic heterocycles. The van der Waals surface area contributed by atoms with Crippen LogP contribution in [0.4, 0.5) is 5.82 Å². The van der Waals surface area contributed by atoms with Gasteiger partial charge in [0.1, 0.15) is 11.0 Å². The fraction of sp³-hybridized carbons (Fsp3) is 0.571. The Kier molecular flexibility index (Phi) is 5.20. The molecule has 1 amide bonds. The molecule has 2 rings (SSSR count). The van der Waals surface area contributed by atoms with Crippen LogP contribution in [0, 0.1) is 0 Å². The Morgan fingerprint density at radius 1 is 1.55 bits per heavy atom. The molecule has 1 fully saturated rings. The summed E-state index contributed by atoms with van der Waals surface area (Å²) in [5.41, 5.74) is 0.537. The van der Waals surface area contributed by atoms with Gasteiger partial charge in [0.05, 0.1) is 0 Å². The van der Waals surface area contributed by atoms with Crippen LogP contribution in [-0.2, 0) is 0 Å². The number of carbonyl (C=O) groups excluding carboxylic acids is 1. The fourth-order valence-corrected chi connectivity index (χ4v) is 2.82. The molecule has 1 atom stereocenters. The number of amides is 1. The van der Waals surface area contributed by atoms with Gasteiger partial charge >= 0.3 is 0 Å². The topological polar surface area (TPSA) is 57.3 Å². The number of hydrogen-bond donors (Lipinski definition) is 2. The molecule has 1 aliphatic rings.